The maximum atomic E-state index is 4.25. The van der Waals surface area contributed by atoms with Crippen molar-refractivity contribution in [3.63, 3.8) is 0 Å². The van der Waals surface area contributed by atoms with Crippen LogP contribution >= 0.6 is 0 Å². The maximum Gasteiger partial charge on any atom is 0.255 e. The highest BCUT2D eigenvalue weighted by Crippen LogP contribution is 2.20. The number of imidazole rings is 1. The van der Waals surface area contributed by atoms with Crippen molar-refractivity contribution < 1.29 is 4.57 Å². The lowest BCUT2D eigenvalue weighted by molar-refractivity contribution is -0.568. The van der Waals surface area contributed by atoms with Crippen LogP contribution in [0.1, 0.15) is 11.1 Å². The van der Waals surface area contributed by atoms with Gasteiger partial charge in [-0.15, -0.1) is 0 Å². The highest BCUT2D eigenvalue weighted by molar-refractivity contribution is 5.74. The van der Waals surface area contributed by atoms with E-state index >= 15 is 0 Å². The number of hydrogen-bond acceptors (Lipinski definition) is 1. The van der Waals surface area contributed by atoms with Crippen LogP contribution in [0.5, 0.6) is 0 Å². The van der Waals surface area contributed by atoms with Gasteiger partial charge in [0.05, 0.1) is 6.20 Å². The van der Waals surface area contributed by atoms with Gasteiger partial charge in [0.15, 0.2) is 16.7 Å². The number of rotatable bonds is 2. The van der Waals surface area contributed by atoms with Crippen LogP contribution in [0.2, 0.25) is 0 Å². The van der Waals surface area contributed by atoms with Gasteiger partial charge in [0.25, 0.3) is 6.33 Å². The third-order valence-electron chi connectivity index (χ3n) is 4.24. The second-order valence-electron chi connectivity index (χ2n) is 5.80. The molecule has 0 unspecified atom stereocenters. The summed E-state index contributed by atoms with van der Waals surface area (Å²) in [5.41, 5.74) is 7.20. The molecule has 0 atom stereocenters. The monoisotopic (exact) mass is 300 g/mol. The van der Waals surface area contributed by atoms with E-state index in [1.165, 1.54) is 27.8 Å². The topological polar surface area (TPSA) is 21.7 Å². The number of para-hydroxylation sites is 3. The minimum atomic E-state index is 1.06. The van der Waals surface area contributed by atoms with Crippen LogP contribution in [0.15, 0.2) is 73.3 Å². The number of aryl methyl sites for hydroxylation is 2. The average Bonchev–Trinajstić information content (AvgIpc) is 2.95. The molecule has 0 saturated carbocycles. The molecule has 0 saturated heterocycles. The summed E-state index contributed by atoms with van der Waals surface area (Å²) in [5, 5.41) is 0. The van der Waals surface area contributed by atoms with Crippen molar-refractivity contribution in [1.82, 2.24) is 9.55 Å². The minimum Gasteiger partial charge on any atom is -0.260 e. The van der Waals surface area contributed by atoms with E-state index in [0.717, 1.165) is 5.69 Å². The fourth-order valence-corrected chi connectivity index (χ4v) is 3.18. The first-order valence-electron chi connectivity index (χ1n) is 7.74. The normalized spacial score (nSPS) is 11.0. The molecule has 3 heteroatoms. The molecular formula is C20H18N3+. The Morgan fingerprint density at radius 3 is 2.39 bits per heavy atom. The summed E-state index contributed by atoms with van der Waals surface area (Å²) in [6.45, 7) is 4.32. The van der Waals surface area contributed by atoms with Crippen LogP contribution in [-0.2, 0) is 0 Å². The van der Waals surface area contributed by atoms with E-state index in [0.29, 0.717) is 0 Å². The summed E-state index contributed by atoms with van der Waals surface area (Å²) in [6, 6.07) is 18.9. The third-order valence-corrected chi connectivity index (χ3v) is 4.24. The van der Waals surface area contributed by atoms with Crippen LogP contribution in [0.3, 0.4) is 0 Å². The first-order valence-corrected chi connectivity index (χ1v) is 7.74. The third kappa shape index (κ3) is 2.21. The molecule has 0 aliphatic carbocycles. The van der Waals surface area contributed by atoms with Crippen molar-refractivity contribution in [3.05, 3.63) is 84.4 Å². The summed E-state index contributed by atoms with van der Waals surface area (Å²) in [4.78, 5) is 4.25. The number of benzene rings is 2. The quantitative estimate of drug-likeness (QED) is 0.514. The molecule has 0 N–H and O–H groups in total. The van der Waals surface area contributed by atoms with Gasteiger partial charge in [-0.3, -0.25) is 4.98 Å². The number of aromatic nitrogens is 3. The fourth-order valence-electron chi connectivity index (χ4n) is 3.18. The summed E-state index contributed by atoms with van der Waals surface area (Å²) in [7, 11) is 0. The molecule has 0 bridgehead atoms. The predicted molar refractivity (Wildman–Crippen MR) is 92.1 cm³/mol. The molecule has 2 aromatic heterocycles. The van der Waals surface area contributed by atoms with Crippen LogP contribution in [0, 0.1) is 13.8 Å². The summed E-state index contributed by atoms with van der Waals surface area (Å²) >= 11 is 0. The predicted octanol–water partition coefficient (Wildman–Crippen LogP) is 3.92. The average molecular weight is 300 g/mol. The molecule has 0 spiro atoms. The molecule has 0 aliphatic heterocycles. The molecule has 4 aromatic rings. The van der Waals surface area contributed by atoms with E-state index in [1.54, 1.807) is 6.20 Å². The first-order chi connectivity index (χ1) is 11.3. The maximum absolute atomic E-state index is 4.25. The lowest BCUT2D eigenvalue weighted by Crippen LogP contribution is -2.31. The fraction of sp³-hybridized carbons (Fsp3) is 0.100. The first kappa shape index (κ1) is 13.7. The Labute approximate surface area is 135 Å². The summed E-state index contributed by atoms with van der Waals surface area (Å²) in [5.74, 6) is 0. The molecule has 23 heavy (non-hydrogen) atoms. The molecule has 0 fully saturated rings. The standard InChI is InChI=1S/C20H18N3/c1-15-7-5-8-16(2)20(15)23-14-22(17-9-6-12-21-13-17)18-10-3-4-11-19(18)23/h3-14H,1-2H3/q+1. The smallest absolute Gasteiger partial charge is 0.255 e. The van der Waals surface area contributed by atoms with Gasteiger partial charge in [0.2, 0.25) is 0 Å². The van der Waals surface area contributed by atoms with Gasteiger partial charge in [-0.05, 0) is 49.2 Å². The lowest BCUT2D eigenvalue weighted by Gasteiger charge is -2.05. The van der Waals surface area contributed by atoms with Crippen LogP contribution in [0.4, 0.5) is 0 Å². The van der Waals surface area contributed by atoms with Crippen LogP contribution in [0.25, 0.3) is 22.4 Å². The number of nitrogens with zero attached hydrogens (tertiary/aromatic N) is 3. The molecule has 112 valence electrons. The van der Waals surface area contributed by atoms with E-state index in [1.807, 2.05) is 12.3 Å². The van der Waals surface area contributed by atoms with Gasteiger partial charge in [0.1, 0.15) is 5.69 Å². The van der Waals surface area contributed by atoms with Crippen molar-refractivity contribution in [2.45, 2.75) is 13.8 Å². The number of hydrogen-bond donors (Lipinski definition) is 0. The van der Waals surface area contributed by atoms with Crippen LogP contribution in [-0.4, -0.2) is 9.55 Å². The Kier molecular flexibility index (Phi) is 3.19. The number of pyridine rings is 1. The van der Waals surface area contributed by atoms with Gasteiger partial charge < -0.3 is 0 Å². The molecule has 3 nitrogen and oxygen atoms in total. The van der Waals surface area contributed by atoms with Gasteiger partial charge >= 0.3 is 0 Å². The molecule has 2 aromatic carbocycles. The van der Waals surface area contributed by atoms with Gasteiger partial charge in [-0.25, -0.2) is 0 Å². The Hall–Kier alpha value is -2.94. The van der Waals surface area contributed by atoms with Crippen molar-refractivity contribution in [1.29, 1.82) is 0 Å². The molecule has 4 rings (SSSR count). The Morgan fingerprint density at radius 2 is 1.65 bits per heavy atom. The van der Waals surface area contributed by atoms with E-state index < -0.39 is 0 Å². The molecular weight excluding hydrogens is 282 g/mol. The zero-order valence-corrected chi connectivity index (χ0v) is 13.3. The molecule has 0 radical (unpaired) electrons. The SMILES string of the molecule is Cc1cccc(C)c1-[n+]1cn(-c2cccnc2)c2ccccc21. The Morgan fingerprint density at radius 1 is 0.870 bits per heavy atom. The van der Waals surface area contributed by atoms with Gasteiger partial charge in [-0.2, -0.15) is 9.13 Å². The van der Waals surface area contributed by atoms with Crippen molar-refractivity contribution in [3.8, 4) is 11.4 Å². The number of fused-ring (bicyclic) bond motifs is 1. The zero-order valence-electron chi connectivity index (χ0n) is 13.3. The van der Waals surface area contributed by atoms with E-state index in [9.17, 15) is 0 Å². The van der Waals surface area contributed by atoms with E-state index in [2.05, 4.69) is 82.8 Å². The second kappa shape index (κ2) is 5.36. The summed E-state index contributed by atoms with van der Waals surface area (Å²) in [6.07, 6.45) is 5.84. The lowest BCUT2D eigenvalue weighted by atomic mass is 10.1. The molecule has 0 amide bonds. The van der Waals surface area contributed by atoms with E-state index in [4.69, 9.17) is 0 Å². The van der Waals surface area contributed by atoms with Crippen molar-refractivity contribution in [2.24, 2.45) is 0 Å². The Bertz CT molecular complexity index is 964. The zero-order chi connectivity index (χ0) is 15.8. The van der Waals surface area contributed by atoms with Gasteiger partial charge in [0, 0.05) is 6.20 Å². The molecule has 2 heterocycles. The highest BCUT2D eigenvalue weighted by Gasteiger charge is 2.20. The second-order valence-corrected chi connectivity index (χ2v) is 5.80. The van der Waals surface area contributed by atoms with Crippen LogP contribution < -0.4 is 4.57 Å². The van der Waals surface area contributed by atoms with Crippen molar-refractivity contribution in [2.75, 3.05) is 0 Å². The van der Waals surface area contributed by atoms with Crippen molar-refractivity contribution >= 4 is 11.0 Å². The Balaban J connectivity index is 2.06. The minimum absolute atomic E-state index is 1.06. The largest absolute Gasteiger partial charge is 0.260 e. The van der Waals surface area contributed by atoms with Gasteiger partial charge in [-0.1, -0.05) is 30.3 Å². The molecule has 0 aliphatic rings. The van der Waals surface area contributed by atoms with E-state index in [-0.39, 0.29) is 0 Å². The summed E-state index contributed by atoms with van der Waals surface area (Å²) < 4.78 is 4.46. The highest BCUT2D eigenvalue weighted by atomic mass is 15.1.